The topological polar surface area (TPSA) is 74.2 Å². The number of esters is 1. The van der Waals surface area contributed by atoms with Crippen molar-refractivity contribution in [2.75, 3.05) is 21.3 Å². The molecular formula is C25H26NO5P. The molecule has 7 heteroatoms. The number of hydrogen-bond acceptors (Lipinski definition) is 5. The summed E-state index contributed by atoms with van der Waals surface area (Å²) in [6.45, 7) is 1.78. The molecule has 0 aliphatic rings. The highest BCUT2D eigenvalue weighted by molar-refractivity contribution is 7.77. The number of ether oxygens (including phenoxy) is 3. The van der Waals surface area contributed by atoms with Gasteiger partial charge in [-0.25, -0.2) is 4.76 Å². The fourth-order valence-corrected chi connectivity index (χ4v) is 5.63. The average Bonchev–Trinajstić information content (AvgIpc) is 2.84. The number of rotatable bonds is 8. The van der Waals surface area contributed by atoms with Crippen molar-refractivity contribution in [3.63, 3.8) is 0 Å². The first-order chi connectivity index (χ1) is 15.4. The van der Waals surface area contributed by atoms with Gasteiger partial charge in [0.25, 0.3) is 0 Å². The van der Waals surface area contributed by atoms with Gasteiger partial charge in [-0.05, 0) is 48.9 Å². The lowest BCUT2D eigenvalue weighted by molar-refractivity contribution is -0.139. The van der Waals surface area contributed by atoms with Crippen LogP contribution >= 0.6 is 7.29 Å². The standard InChI is InChI=1S/C25H26NO5P/c1-18(22-17-24(30-3)23(29-2)15-19(22)16-25(27)31-4)26-32(28,20-11-7-5-8-12-20)21-13-9-6-10-14-21/h5-15,17H,16H2,1-4H3/b26-18+. The summed E-state index contributed by atoms with van der Waals surface area (Å²) in [6.07, 6.45) is 0.0139. The van der Waals surface area contributed by atoms with Gasteiger partial charge in [0, 0.05) is 21.9 Å². The second kappa shape index (κ2) is 10.3. The van der Waals surface area contributed by atoms with Crippen LogP contribution < -0.4 is 20.1 Å². The monoisotopic (exact) mass is 451 g/mol. The van der Waals surface area contributed by atoms with Gasteiger partial charge in [0.2, 0.25) is 7.29 Å². The highest BCUT2D eigenvalue weighted by Crippen LogP contribution is 2.46. The van der Waals surface area contributed by atoms with E-state index < -0.39 is 13.3 Å². The molecule has 0 heterocycles. The van der Waals surface area contributed by atoms with Crippen LogP contribution in [0.5, 0.6) is 11.5 Å². The van der Waals surface area contributed by atoms with Crippen LogP contribution in [0.2, 0.25) is 0 Å². The number of benzene rings is 3. The van der Waals surface area contributed by atoms with Crippen LogP contribution in [0.4, 0.5) is 0 Å². The van der Waals surface area contributed by atoms with Crippen LogP contribution in [0, 0.1) is 0 Å². The third kappa shape index (κ3) is 4.92. The summed E-state index contributed by atoms with van der Waals surface area (Å²) >= 11 is 0. The molecule has 6 nitrogen and oxygen atoms in total. The summed E-state index contributed by atoms with van der Waals surface area (Å²) in [7, 11) is 1.05. The SMILES string of the molecule is COC(=O)Cc1cc(OC)c(OC)cc1/C(C)=N/P(=O)(c1ccccc1)c1ccccc1. The molecular weight excluding hydrogens is 425 g/mol. The number of nitrogens with zero attached hydrogens (tertiary/aromatic N) is 1. The van der Waals surface area contributed by atoms with Crippen molar-refractivity contribution in [2.24, 2.45) is 4.76 Å². The minimum Gasteiger partial charge on any atom is -0.493 e. The minimum absolute atomic E-state index is 0.0139. The summed E-state index contributed by atoms with van der Waals surface area (Å²) in [4.78, 5) is 12.0. The Morgan fingerprint density at radius 2 is 1.34 bits per heavy atom. The van der Waals surface area contributed by atoms with Gasteiger partial charge in [-0.1, -0.05) is 36.4 Å². The zero-order chi connectivity index (χ0) is 23.1. The lowest BCUT2D eigenvalue weighted by atomic mass is 10.00. The van der Waals surface area contributed by atoms with Crippen LogP contribution in [0.25, 0.3) is 0 Å². The summed E-state index contributed by atoms with van der Waals surface area (Å²) in [5.41, 5.74) is 1.80. The Kier molecular flexibility index (Phi) is 7.49. The van der Waals surface area contributed by atoms with Crippen LogP contribution in [-0.4, -0.2) is 33.0 Å². The first-order valence-corrected chi connectivity index (χ1v) is 11.7. The van der Waals surface area contributed by atoms with E-state index in [4.69, 9.17) is 19.0 Å². The molecule has 0 atom stereocenters. The molecule has 0 saturated carbocycles. The summed E-state index contributed by atoms with van der Waals surface area (Å²) in [5.74, 6) is 0.567. The van der Waals surface area contributed by atoms with Gasteiger partial charge in [0.1, 0.15) is 0 Å². The smallest absolute Gasteiger partial charge is 0.310 e. The molecule has 0 unspecified atom stereocenters. The van der Waals surface area contributed by atoms with E-state index in [1.165, 1.54) is 21.3 Å². The normalized spacial score (nSPS) is 11.7. The van der Waals surface area contributed by atoms with Crippen molar-refractivity contribution < 1.29 is 23.6 Å². The first kappa shape index (κ1) is 23.3. The summed E-state index contributed by atoms with van der Waals surface area (Å²) in [6, 6.07) is 21.8. The molecule has 0 radical (unpaired) electrons. The Morgan fingerprint density at radius 1 is 0.844 bits per heavy atom. The van der Waals surface area contributed by atoms with E-state index in [1.54, 1.807) is 19.1 Å². The molecule has 0 aliphatic heterocycles. The minimum atomic E-state index is -3.35. The molecule has 3 rings (SSSR count). The summed E-state index contributed by atoms with van der Waals surface area (Å²) in [5, 5.41) is 1.25. The maximum Gasteiger partial charge on any atom is 0.310 e. The molecule has 3 aromatic carbocycles. The van der Waals surface area contributed by atoms with Gasteiger partial charge < -0.3 is 14.2 Å². The second-order valence-electron chi connectivity index (χ2n) is 7.05. The Labute approximate surface area is 188 Å². The third-order valence-electron chi connectivity index (χ3n) is 5.06. The van der Waals surface area contributed by atoms with Gasteiger partial charge in [-0.3, -0.25) is 9.36 Å². The second-order valence-corrected chi connectivity index (χ2v) is 9.43. The molecule has 32 heavy (non-hydrogen) atoms. The Balaban J connectivity index is 2.22. The lowest BCUT2D eigenvalue weighted by Gasteiger charge is -2.18. The van der Waals surface area contributed by atoms with Gasteiger partial charge in [-0.15, -0.1) is 0 Å². The molecule has 3 aromatic rings. The van der Waals surface area contributed by atoms with Crippen molar-refractivity contribution >= 4 is 29.6 Å². The van der Waals surface area contributed by atoms with Crippen molar-refractivity contribution in [1.29, 1.82) is 0 Å². The molecule has 0 bridgehead atoms. The predicted molar refractivity (Wildman–Crippen MR) is 127 cm³/mol. The lowest BCUT2D eigenvalue weighted by Crippen LogP contribution is -2.16. The quantitative estimate of drug-likeness (QED) is 0.292. The Hall–Kier alpha value is -3.37. The fraction of sp³-hybridized carbons (Fsp3) is 0.200. The summed E-state index contributed by atoms with van der Waals surface area (Å²) < 4.78 is 34.8. The van der Waals surface area contributed by atoms with E-state index in [9.17, 15) is 9.36 Å². The van der Waals surface area contributed by atoms with E-state index in [0.717, 1.165) is 0 Å². The van der Waals surface area contributed by atoms with Crippen molar-refractivity contribution in [1.82, 2.24) is 0 Å². The predicted octanol–water partition coefficient (Wildman–Crippen LogP) is 4.16. The fourth-order valence-electron chi connectivity index (χ4n) is 3.42. The van der Waals surface area contributed by atoms with E-state index in [1.807, 2.05) is 60.7 Å². The number of carbonyl (C=O) groups is 1. The van der Waals surface area contributed by atoms with Crippen molar-refractivity contribution in [3.8, 4) is 11.5 Å². The Morgan fingerprint density at radius 3 is 1.81 bits per heavy atom. The van der Waals surface area contributed by atoms with Gasteiger partial charge >= 0.3 is 5.97 Å². The first-order valence-electron chi connectivity index (χ1n) is 10.0. The van der Waals surface area contributed by atoms with E-state index in [2.05, 4.69) is 0 Å². The van der Waals surface area contributed by atoms with Crippen LogP contribution in [0.15, 0.2) is 77.6 Å². The maximum atomic E-state index is 14.3. The van der Waals surface area contributed by atoms with Crippen molar-refractivity contribution in [3.05, 3.63) is 83.9 Å². The number of carbonyl (C=O) groups excluding carboxylic acids is 1. The molecule has 0 aromatic heterocycles. The Bertz CT molecular complexity index is 1120. The van der Waals surface area contributed by atoms with E-state index in [-0.39, 0.29) is 6.42 Å². The molecule has 166 valence electrons. The van der Waals surface area contributed by atoms with Crippen LogP contribution in [0.1, 0.15) is 18.1 Å². The number of methoxy groups -OCH3 is 3. The largest absolute Gasteiger partial charge is 0.493 e. The average molecular weight is 451 g/mol. The third-order valence-corrected chi connectivity index (χ3v) is 7.64. The molecule has 0 spiro atoms. The van der Waals surface area contributed by atoms with E-state index >= 15 is 0 Å². The molecule has 0 amide bonds. The van der Waals surface area contributed by atoms with Gasteiger partial charge in [0.05, 0.1) is 27.8 Å². The zero-order valence-corrected chi connectivity index (χ0v) is 19.5. The molecule has 0 fully saturated rings. The maximum absolute atomic E-state index is 14.3. The molecule has 0 aliphatic carbocycles. The van der Waals surface area contributed by atoms with Gasteiger partial charge in [-0.2, -0.15) is 0 Å². The van der Waals surface area contributed by atoms with E-state index in [0.29, 0.717) is 38.9 Å². The highest BCUT2D eigenvalue weighted by Gasteiger charge is 2.27. The highest BCUT2D eigenvalue weighted by atomic mass is 31.2. The molecule has 0 saturated heterocycles. The molecule has 0 N–H and O–H groups in total. The van der Waals surface area contributed by atoms with Crippen LogP contribution in [0.3, 0.4) is 0 Å². The number of hydrogen-bond donors (Lipinski definition) is 0. The van der Waals surface area contributed by atoms with Crippen LogP contribution in [-0.2, 0) is 20.5 Å². The van der Waals surface area contributed by atoms with Crippen molar-refractivity contribution in [2.45, 2.75) is 13.3 Å². The van der Waals surface area contributed by atoms with Gasteiger partial charge in [0.15, 0.2) is 11.5 Å². The zero-order valence-electron chi connectivity index (χ0n) is 18.6.